The van der Waals surface area contributed by atoms with Crippen LogP contribution in [0.3, 0.4) is 0 Å². The summed E-state index contributed by atoms with van der Waals surface area (Å²) in [7, 11) is 1.59. The molecule has 3 aromatic rings. The molecule has 3 unspecified atom stereocenters. The summed E-state index contributed by atoms with van der Waals surface area (Å²) < 4.78 is 45.6. The number of halogens is 2. The van der Waals surface area contributed by atoms with Gasteiger partial charge in [0.2, 0.25) is 11.8 Å². The SMILES string of the molecule is COc1nc(Nc2nccc(-c3ccc(OC4CCNCC4(F)F)c(C#N)c3)n2)ccc1N1CCNCC1C1CCO1. The Morgan fingerprint density at radius 1 is 1.14 bits per heavy atom. The molecule has 0 amide bonds. The number of anilines is 3. The van der Waals surface area contributed by atoms with Crippen LogP contribution in [0.1, 0.15) is 18.4 Å². The first-order chi connectivity index (χ1) is 20.4. The predicted molar refractivity (Wildman–Crippen MR) is 151 cm³/mol. The van der Waals surface area contributed by atoms with Crippen LogP contribution in [-0.2, 0) is 4.74 Å². The molecule has 0 saturated carbocycles. The number of hydrogen-bond acceptors (Lipinski definition) is 11. The molecule has 2 aromatic heterocycles. The zero-order valence-electron chi connectivity index (χ0n) is 23.1. The fourth-order valence-electron chi connectivity index (χ4n) is 5.47. The first kappa shape index (κ1) is 28.0. The van der Waals surface area contributed by atoms with Crippen molar-refractivity contribution in [1.29, 1.82) is 5.26 Å². The number of ether oxygens (including phenoxy) is 3. The third-order valence-corrected chi connectivity index (χ3v) is 7.77. The normalized spacial score (nSPS) is 23.4. The van der Waals surface area contributed by atoms with Crippen LogP contribution in [0, 0.1) is 11.3 Å². The summed E-state index contributed by atoms with van der Waals surface area (Å²) >= 11 is 0. The summed E-state index contributed by atoms with van der Waals surface area (Å²) in [6, 6.07) is 12.6. The highest BCUT2D eigenvalue weighted by Gasteiger charge is 2.43. The quantitative estimate of drug-likeness (QED) is 0.365. The van der Waals surface area contributed by atoms with Gasteiger partial charge in [0.1, 0.15) is 23.3 Å². The van der Waals surface area contributed by atoms with Gasteiger partial charge in [-0.15, -0.1) is 0 Å². The zero-order chi connectivity index (χ0) is 29.1. The number of nitrogens with zero attached hydrogens (tertiary/aromatic N) is 5. The molecule has 0 aliphatic carbocycles. The van der Waals surface area contributed by atoms with Crippen molar-refractivity contribution < 1.29 is 23.0 Å². The molecular weight excluding hydrogens is 546 g/mol. The molecule has 42 heavy (non-hydrogen) atoms. The lowest BCUT2D eigenvalue weighted by atomic mass is 10.00. The largest absolute Gasteiger partial charge is 0.483 e. The smallest absolute Gasteiger partial charge is 0.296 e. The number of piperidine rings is 1. The van der Waals surface area contributed by atoms with Gasteiger partial charge in [-0.25, -0.2) is 18.7 Å². The van der Waals surface area contributed by atoms with E-state index in [2.05, 4.69) is 41.9 Å². The standard InChI is InChI=1S/C29H32F2N8O3/c1-40-27-21(39-12-11-33-16-22(39)24-8-13-41-24)3-5-26(37-27)38-28-35-10-6-20(36-28)18-2-4-23(19(14-18)15-32)42-25-7-9-34-17-29(25,30)31/h2-6,10,14,22,24-25,33-34H,7-9,11-13,16-17H2,1H3,(H,35,36,37,38). The van der Waals surface area contributed by atoms with Crippen LogP contribution >= 0.6 is 0 Å². The van der Waals surface area contributed by atoms with Crippen molar-refractivity contribution in [3.8, 4) is 29.0 Å². The van der Waals surface area contributed by atoms with Gasteiger partial charge in [-0.2, -0.15) is 10.2 Å². The Hall–Kier alpha value is -4.12. The minimum atomic E-state index is -3.02. The molecule has 3 saturated heterocycles. The van der Waals surface area contributed by atoms with E-state index in [1.165, 1.54) is 6.07 Å². The summed E-state index contributed by atoms with van der Waals surface area (Å²) in [6.07, 6.45) is 1.65. The summed E-state index contributed by atoms with van der Waals surface area (Å²) in [5, 5.41) is 19.0. The number of methoxy groups -OCH3 is 1. The van der Waals surface area contributed by atoms with Crippen LogP contribution in [-0.4, -0.2) is 85.6 Å². The maximum Gasteiger partial charge on any atom is 0.296 e. The number of aromatic nitrogens is 3. The van der Waals surface area contributed by atoms with Crippen molar-refractivity contribution in [2.75, 3.05) is 56.7 Å². The molecule has 0 radical (unpaired) electrons. The van der Waals surface area contributed by atoms with Crippen molar-refractivity contribution in [2.45, 2.75) is 37.0 Å². The third-order valence-electron chi connectivity index (χ3n) is 7.77. The van der Waals surface area contributed by atoms with E-state index in [0.717, 1.165) is 38.3 Å². The Kier molecular flexibility index (Phi) is 8.01. The van der Waals surface area contributed by atoms with E-state index < -0.39 is 18.6 Å². The van der Waals surface area contributed by atoms with Crippen molar-refractivity contribution in [2.24, 2.45) is 0 Å². The van der Waals surface area contributed by atoms with Crippen molar-refractivity contribution in [3.05, 3.63) is 48.2 Å². The molecule has 3 N–H and O–H groups in total. The Morgan fingerprint density at radius 2 is 2.02 bits per heavy atom. The number of rotatable bonds is 8. The van der Waals surface area contributed by atoms with E-state index in [4.69, 9.17) is 14.2 Å². The first-order valence-corrected chi connectivity index (χ1v) is 14.0. The van der Waals surface area contributed by atoms with Crippen molar-refractivity contribution in [3.63, 3.8) is 0 Å². The van der Waals surface area contributed by atoms with Gasteiger partial charge in [0.15, 0.2) is 6.10 Å². The van der Waals surface area contributed by atoms with Crippen LogP contribution in [0.15, 0.2) is 42.6 Å². The molecule has 3 aliphatic heterocycles. The van der Waals surface area contributed by atoms with E-state index in [1.54, 1.807) is 31.5 Å². The molecule has 0 spiro atoms. The topological polar surface area (TPSA) is 129 Å². The maximum atomic E-state index is 14.3. The average molecular weight is 579 g/mol. The van der Waals surface area contributed by atoms with E-state index in [-0.39, 0.29) is 29.9 Å². The molecule has 3 aliphatic rings. The predicted octanol–water partition coefficient (Wildman–Crippen LogP) is 3.11. The highest BCUT2D eigenvalue weighted by molar-refractivity contribution is 5.66. The van der Waals surface area contributed by atoms with Gasteiger partial charge in [0, 0.05) is 44.4 Å². The van der Waals surface area contributed by atoms with Gasteiger partial charge in [-0.1, -0.05) is 0 Å². The molecule has 0 bridgehead atoms. The van der Waals surface area contributed by atoms with Crippen LogP contribution in [0.4, 0.5) is 26.2 Å². The summed E-state index contributed by atoms with van der Waals surface area (Å²) in [4.78, 5) is 15.9. The highest BCUT2D eigenvalue weighted by atomic mass is 19.3. The number of nitrogens with one attached hydrogen (secondary N) is 3. The zero-order valence-corrected chi connectivity index (χ0v) is 23.1. The van der Waals surface area contributed by atoms with E-state index in [1.807, 2.05) is 12.1 Å². The van der Waals surface area contributed by atoms with E-state index in [0.29, 0.717) is 35.4 Å². The number of alkyl halides is 2. The molecule has 13 heteroatoms. The van der Waals surface area contributed by atoms with E-state index >= 15 is 0 Å². The molecule has 1 aromatic carbocycles. The van der Waals surface area contributed by atoms with Gasteiger partial charge >= 0.3 is 0 Å². The van der Waals surface area contributed by atoms with Crippen LogP contribution in [0.2, 0.25) is 0 Å². The van der Waals surface area contributed by atoms with Crippen LogP contribution in [0.5, 0.6) is 11.6 Å². The van der Waals surface area contributed by atoms with Gasteiger partial charge in [-0.05, 0) is 49.4 Å². The molecule has 3 atom stereocenters. The van der Waals surface area contributed by atoms with E-state index in [9.17, 15) is 14.0 Å². The second-order valence-electron chi connectivity index (χ2n) is 10.4. The van der Waals surface area contributed by atoms with Crippen LogP contribution < -0.4 is 30.3 Å². The lowest BCUT2D eigenvalue weighted by Crippen LogP contribution is -2.59. The maximum absolute atomic E-state index is 14.3. The third kappa shape index (κ3) is 5.78. The molecular formula is C29H32F2N8O3. The van der Waals surface area contributed by atoms with Gasteiger partial charge in [0.05, 0.1) is 37.1 Å². The number of piperazine rings is 1. The first-order valence-electron chi connectivity index (χ1n) is 14.0. The number of hydrogen-bond donors (Lipinski definition) is 3. The van der Waals surface area contributed by atoms with Crippen molar-refractivity contribution in [1.82, 2.24) is 25.6 Å². The summed E-state index contributed by atoms with van der Waals surface area (Å²) in [5.41, 5.74) is 2.20. The second-order valence-corrected chi connectivity index (χ2v) is 10.4. The minimum absolute atomic E-state index is 0.118. The number of pyridine rings is 1. The molecule has 11 nitrogen and oxygen atoms in total. The lowest BCUT2D eigenvalue weighted by Gasteiger charge is -2.45. The van der Waals surface area contributed by atoms with Gasteiger partial charge in [-0.3, -0.25) is 0 Å². The molecule has 220 valence electrons. The Labute approximate surface area is 242 Å². The molecule has 3 fully saturated rings. The molecule has 5 heterocycles. The van der Waals surface area contributed by atoms with Gasteiger partial charge < -0.3 is 35.1 Å². The second kappa shape index (κ2) is 12.0. The highest BCUT2D eigenvalue weighted by Crippen LogP contribution is 2.34. The number of nitriles is 1. The summed E-state index contributed by atoms with van der Waals surface area (Å²) in [5.74, 6) is -1.62. The van der Waals surface area contributed by atoms with Crippen molar-refractivity contribution >= 4 is 17.5 Å². The lowest BCUT2D eigenvalue weighted by molar-refractivity contribution is -0.109. The molecule has 6 rings (SSSR count). The Morgan fingerprint density at radius 3 is 2.79 bits per heavy atom. The minimum Gasteiger partial charge on any atom is -0.483 e. The Bertz CT molecular complexity index is 1470. The number of benzene rings is 1. The fourth-order valence-corrected chi connectivity index (χ4v) is 5.47. The van der Waals surface area contributed by atoms with Gasteiger partial charge in [0.25, 0.3) is 5.92 Å². The van der Waals surface area contributed by atoms with Crippen LogP contribution in [0.25, 0.3) is 11.3 Å². The fraction of sp³-hybridized carbons (Fsp3) is 0.448. The average Bonchev–Trinajstić information content (AvgIpc) is 2.98. The summed E-state index contributed by atoms with van der Waals surface area (Å²) in [6.45, 7) is 3.27. The monoisotopic (exact) mass is 578 g/mol. The Balaban J connectivity index is 1.19.